The highest BCUT2D eigenvalue weighted by Gasteiger charge is 2.12. The van der Waals surface area contributed by atoms with E-state index in [1.54, 1.807) is 12.1 Å². The largest absolute Gasteiger partial charge is 0.479 e. The van der Waals surface area contributed by atoms with Gasteiger partial charge in [-0.05, 0) is 24.6 Å². The Hall–Kier alpha value is -1.57. The van der Waals surface area contributed by atoms with Crippen LogP contribution in [-0.4, -0.2) is 17.2 Å². The van der Waals surface area contributed by atoms with Gasteiger partial charge in [-0.3, -0.25) is 0 Å². The van der Waals surface area contributed by atoms with Crippen molar-refractivity contribution in [3.8, 4) is 6.07 Å². The summed E-state index contributed by atoms with van der Waals surface area (Å²) in [7, 11) is 0. The first kappa shape index (κ1) is 12.5. The molecule has 0 radical (unpaired) electrons. The molecule has 0 spiro atoms. The van der Waals surface area contributed by atoms with E-state index in [0.717, 1.165) is 0 Å². The lowest BCUT2D eigenvalue weighted by molar-refractivity contribution is -0.149. The molecule has 84 valence electrons. The van der Waals surface area contributed by atoms with E-state index < -0.39 is 12.1 Å². The zero-order valence-corrected chi connectivity index (χ0v) is 9.36. The van der Waals surface area contributed by atoms with Crippen molar-refractivity contribution >= 4 is 17.6 Å². The minimum Gasteiger partial charge on any atom is -0.479 e. The summed E-state index contributed by atoms with van der Waals surface area (Å²) in [6.45, 7) is 1.55. The third-order valence-electron chi connectivity index (χ3n) is 2.02. The number of rotatable bonds is 4. The van der Waals surface area contributed by atoms with Crippen molar-refractivity contribution in [2.45, 2.75) is 19.6 Å². The van der Waals surface area contributed by atoms with Gasteiger partial charge < -0.3 is 9.84 Å². The topological polar surface area (TPSA) is 70.3 Å². The van der Waals surface area contributed by atoms with Crippen LogP contribution in [0.15, 0.2) is 18.2 Å². The number of nitrogens with zero attached hydrogens (tertiary/aromatic N) is 1. The number of aliphatic carboxylic acids is 1. The quantitative estimate of drug-likeness (QED) is 0.875. The van der Waals surface area contributed by atoms with Crippen molar-refractivity contribution in [3.05, 3.63) is 34.3 Å². The van der Waals surface area contributed by atoms with Gasteiger partial charge in [-0.1, -0.05) is 17.7 Å². The van der Waals surface area contributed by atoms with Crippen LogP contribution < -0.4 is 0 Å². The lowest BCUT2D eigenvalue weighted by Crippen LogP contribution is -2.19. The predicted octanol–water partition coefficient (Wildman–Crippen LogP) is 2.20. The summed E-state index contributed by atoms with van der Waals surface area (Å²) >= 11 is 5.89. The first-order chi connectivity index (χ1) is 7.54. The fraction of sp³-hybridized carbons (Fsp3) is 0.273. The Labute approximate surface area is 98.0 Å². The summed E-state index contributed by atoms with van der Waals surface area (Å²) in [5.74, 6) is -1.02. The average Bonchev–Trinajstić information content (AvgIpc) is 2.26. The molecule has 1 atom stereocenters. The average molecular weight is 240 g/mol. The maximum absolute atomic E-state index is 10.5. The molecule has 0 aliphatic rings. The molecule has 0 aliphatic carbocycles. The second-order valence-corrected chi connectivity index (χ2v) is 3.62. The van der Waals surface area contributed by atoms with Gasteiger partial charge in [0.25, 0.3) is 0 Å². The van der Waals surface area contributed by atoms with Gasteiger partial charge in [-0.25, -0.2) is 4.79 Å². The van der Waals surface area contributed by atoms with Gasteiger partial charge in [-0.15, -0.1) is 0 Å². The number of benzene rings is 1. The molecule has 0 heterocycles. The van der Waals surface area contributed by atoms with Gasteiger partial charge >= 0.3 is 5.97 Å². The minimum absolute atomic E-state index is 0.109. The number of hydrogen-bond donors (Lipinski definition) is 1. The third-order valence-corrected chi connectivity index (χ3v) is 2.37. The van der Waals surface area contributed by atoms with Crippen LogP contribution >= 0.6 is 11.6 Å². The number of halogens is 1. The van der Waals surface area contributed by atoms with Crippen LogP contribution in [0, 0.1) is 11.3 Å². The summed E-state index contributed by atoms with van der Waals surface area (Å²) in [5.41, 5.74) is 1.12. The molecule has 0 saturated heterocycles. The molecule has 0 unspecified atom stereocenters. The summed E-state index contributed by atoms with van der Waals surface area (Å²) in [4.78, 5) is 10.5. The monoisotopic (exact) mass is 239 g/mol. The fourth-order valence-corrected chi connectivity index (χ4v) is 1.26. The van der Waals surface area contributed by atoms with E-state index in [0.29, 0.717) is 16.1 Å². The highest BCUT2D eigenvalue weighted by atomic mass is 35.5. The fourth-order valence-electron chi connectivity index (χ4n) is 1.02. The Bertz CT molecular complexity index is 439. The lowest BCUT2D eigenvalue weighted by Gasteiger charge is -2.09. The van der Waals surface area contributed by atoms with E-state index >= 15 is 0 Å². The molecule has 1 N–H and O–H groups in total. The summed E-state index contributed by atoms with van der Waals surface area (Å²) in [6, 6.07) is 6.73. The van der Waals surface area contributed by atoms with Crippen molar-refractivity contribution in [3.63, 3.8) is 0 Å². The molecule has 0 bridgehead atoms. The van der Waals surface area contributed by atoms with Crippen LogP contribution in [0.3, 0.4) is 0 Å². The smallest absolute Gasteiger partial charge is 0.332 e. The number of hydrogen-bond acceptors (Lipinski definition) is 3. The normalized spacial score (nSPS) is 11.8. The Kier molecular flexibility index (Phi) is 4.29. The maximum Gasteiger partial charge on any atom is 0.332 e. The molecule has 1 aromatic rings. The van der Waals surface area contributed by atoms with Gasteiger partial charge in [0.1, 0.15) is 0 Å². The second kappa shape index (κ2) is 5.50. The molecule has 0 saturated carbocycles. The van der Waals surface area contributed by atoms with Crippen LogP contribution in [-0.2, 0) is 16.1 Å². The van der Waals surface area contributed by atoms with E-state index in [1.807, 2.05) is 6.07 Å². The Morgan fingerprint density at radius 1 is 1.69 bits per heavy atom. The van der Waals surface area contributed by atoms with Crippen LogP contribution in [0.25, 0.3) is 0 Å². The van der Waals surface area contributed by atoms with Crippen LogP contribution in [0.1, 0.15) is 18.1 Å². The minimum atomic E-state index is -1.02. The van der Waals surface area contributed by atoms with Gasteiger partial charge in [0.05, 0.1) is 18.2 Å². The summed E-state index contributed by atoms with van der Waals surface area (Å²) in [5, 5.41) is 17.6. The lowest BCUT2D eigenvalue weighted by atomic mass is 10.1. The van der Waals surface area contributed by atoms with E-state index in [1.165, 1.54) is 13.0 Å². The van der Waals surface area contributed by atoms with E-state index in [-0.39, 0.29) is 6.61 Å². The zero-order chi connectivity index (χ0) is 12.1. The van der Waals surface area contributed by atoms with Gasteiger partial charge in [0, 0.05) is 5.02 Å². The molecule has 0 amide bonds. The van der Waals surface area contributed by atoms with E-state index in [9.17, 15) is 4.79 Å². The molecule has 0 aromatic heterocycles. The predicted molar refractivity (Wildman–Crippen MR) is 58.1 cm³/mol. The molecule has 0 aliphatic heterocycles. The molecular weight excluding hydrogens is 230 g/mol. The highest BCUT2D eigenvalue weighted by Crippen LogP contribution is 2.18. The van der Waals surface area contributed by atoms with Gasteiger partial charge in [0.15, 0.2) is 6.10 Å². The first-order valence-corrected chi connectivity index (χ1v) is 4.95. The highest BCUT2D eigenvalue weighted by molar-refractivity contribution is 6.31. The Morgan fingerprint density at radius 2 is 2.38 bits per heavy atom. The van der Waals surface area contributed by atoms with Crippen molar-refractivity contribution in [2.75, 3.05) is 0 Å². The molecule has 4 nitrogen and oxygen atoms in total. The molecule has 1 rings (SSSR count). The van der Waals surface area contributed by atoms with Crippen molar-refractivity contribution in [1.29, 1.82) is 5.26 Å². The van der Waals surface area contributed by atoms with E-state index in [4.69, 9.17) is 26.7 Å². The summed E-state index contributed by atoms with van der Waals surface area (Å²) in [6.07, 6.45) is -0.883. The van der Waals surface area contributed by atoms with Crippen LogP contribution in [0.2, 0.25) is 5.02 Å². The van der Waals surface area contributed by atoms with E-state index in [2.05, 4.69) is 0 Å². The number of carboxylic acid groups (broad SMARTS) is 1. The molecule has 5 heteroatoms. The molecule has 1 aromatic carbocycles. The number of ether oxygens (including phenoxy) is 1. The van der Waals surface area contributed by atoms with Crippen molar-refractivity contribution in [1.82, 2.24) is 0 Å². The maximum atomic E-state index is 10.5. The molecule has 16 heavy (non-hydrogen) atoms. The van der Waals surface area contributed by atoms with Crippen molar-refractivity contribution in [2.24, 2.45) is 0 Å². The zero-order valence-electron chi connectivity index (χ0n) is 8.61. The number of carboxylic acids is 1. The number of carbonyl (C=O) groups is 1. The van der Waals surface area contributed by atoms with Gasteiger partial charge in [0.2, 0.25) is 0 Å². The number of nitriles is 1. The Balaban J connectivity index is 2.69. The molecule has 0 fully saturated rings. The summed E-state index contributed by atoms with van der Waals surface area (Å²) < 4.78 is 5.08. The first-order valence-electron chi connectivity index (χ1n) is 4.57. The Morgan fingerprint density at radius 3 is 2.88 bits per heavy atom. The van der Waals surface area contributed by atoms with Crippen LogP contribution in [0.4, 0.5) is 0 Å². The third kappa shape index (κ3) is 3.23. The standard InChI is InChI=1S/C11H10ClNO3/c1-7(11(14)15)16-6-9-3-2-8(5-13)4-10(9)12/h2-4,7H,6H2,1H3,(H,14,15)/t7-/m1/s1. The van der Waals surface area contributed by atoms with Crippen molar-refractivity contribution < 1.29 is 14.6 Å². The van der Waals surface area contributed by atoms with Gasteiger partial charge in [-0.2, -0.15) is 5.26 Å². The molecular formula is C11H10ClNO3. The van der Waals surface area contributed by atoms with Crippen LogP contribution in [0.5, 0.6) is 0 Å². The second-order valence-electron chi connectivity index (χ2n) is 3.21. The SMILES string of the molecule is C[C@@H](OCc1ccc(C#N)cc1Cl)C(=O)O.